The van der Waals surface area contributed by atoms with Gasteiger partial charge in [-0.2, -0.15) is 0 Å². The van der Waals surface area contributed by atoms with Crippen molar-refractivity contribution in [3.05, 3.63) is 35.4 Å². The largest absolute Gasteiger partial charge is 0.330 e. The topological polar surface area (TPSA) is 29.3 Å². The second-order valence-electron chi connectivity index (χ2n) is 5.57. The van der Waals surface area contributed by atoms with E-state index < -0.39 is 0 Å². The van der Waals surface area contributed by atoms with Gasteiger partial charge in [-0.05, 0) is 55.8 Å². The molecule has 1 aliphatic heterocycles. The molecular formula is C15H22N2. The number of benzene rings is 1. The number of nitrogens with zero attached hydrogens (tertiary/aromatic N) is 1. The van der Waals surface area contributed by atoms with E-state index in [1.165, 1.54) is 38.8 Å². The highest BCUT2D eigenvalue weighted by molar-refractivity contribution is 5.33. The molecule has 0 radical (unpaired) electrons. The summed E-state index contributed by atoms with van der Waals surface area (Å²) >= 11 is 0. The van der Waals surface area contributed by atoms with Crippen LogP contribution in [-0.4, -0.2) is 30.6 Å². The molecule has 2 N–H and O–H groups in total. The maximum Gasteiger partial charge on any atom is 0.0176 e. The Labute approximate surface area is 104 Å². The zero-order valence-electron chi connectivity index (χ0n) is 10.4. The molecule has 2 aliphatic rings. The maximum absolute atomic E-state index is 5.82. The van der Waals surface area contributed by atoms with Gasteiger partial charge >= 0.3 is 0 Å². The van der Waals surface area contributed by atoms with Crippen LogP contribution in [0.4, 0.5) is 0 Å². The van der Waals surface area contributed by atoms with Gasteiger partial charge in [0, 0.05) is 12.6 Å². The molecule has 17 heavy (non-hydrogen) atoms. The molecule has 2 nitrogen and oxygen atoms in total. The molecule has 2 heteroatoms. The second kappa shape index (κ2) is 4.79. The average Bonchev–Trinajstić information content (AvgIpc) is 2.82. The van der Waals surface area contributed by atoms with Crippen LogP contribution in [0.1, 0.15) is 24.0 Å². The van der Waals surface area contributed by atoms with Gasteiger partial charge in [0.05, 0.1) is 0 Å². The monoisotopic (exact) mass is 230 g/mol. The highest BCUT2D eigenvalue weighted by Crippen LogP contribution is 2.28. The lowest BCUT2D eigenvalue weighted by Crippen LogP contribution is -2.44. The molecule has 0 saturated carbocycles. The van der Waals surface area contributed by atoms with Gasteiger partial charge in [-0.1, -0.05) is 24.3 Å². The fourth-order valence-corrected chi connectivity index (χ4v) is 3.42. The number of nitrogens with two attached hydrogens (primary N) is 1. The second-order valence-corrected chi connectivity index (χ2v) is 5.57. The molecular weight excluding hydrogens is 208 g/mol. The van der Waals surface area contributed by atoms with E-state index in [0.717, 1.165) is 18.5 Å². The SMILES string of the molecule is NCC1CCCN(C2Cc3ccccc3C2)C1. The average molecular weight is 230 g/mol. The van der Waals surface area contributed by atoms with Crippen LogP contribution in [0.25, 0.3) is 0 Å². The van der Waals surface area contributed by atoms with Crippen molar-refractivity contribution >= 4 is 0 Å². The Bertz CT molecular complexity index is 363. The normalized spacial score (nSPS) is 26.1. The third kappa shape index (κ3) is 2.24. The van der Waals surface area contributed by atoms with Crippen molar-refractivity contribution in [2.45, 2.75) is 31.7 Å². The summed E-state index contributed by atoms with van der Waals surface area (Å²) in [5.74, 6) is 0.729. The summed E-state index contributed by atoms with van der Waals surface area (Å²) in [6, 6.07) is 9.65. The minimum Gasteiger partial charge on any atom is -0.330 e. The minimum atomic E-state index is 0.729. The third-order valence-corrected chi connectivity index (χ3v) is 4.43. The smallest absolute Gasteiger partial charge is 0.0176 e. The van der Waals surface area contributed by atoms with Gasteiger partial charge in [-0.3, -0.25) is 4.90 Å². The van der Waals surface area contributed by atoms with Crippen LogP contribution < -0.4 is 5.73 Å². The Kier molecular flexibility index (Phi) is 3.17. The summed E-state index contributed by atoms with van der Waals surface area (Å²) in [5, 5.41) is 0. The third-order valence-electron chi connectivity index (χ3n) is 4.43. The number of hydrogen-bond acceptors (Lipinski definition) is 2. The quantitative estimate of drug-likeness (QED) is 0.840. The molecule has 1 saturated heterocycles. The van der Waals surface area contributed by atoms with Crippen LogP contribution in [0.15, 0.2) is 24.3 Å². The standard InChI is InChI=1S/C15H22N2/c16-10-12-4-3-7-17(11-12)15-8-13-5-1-2-6-14(13)9-15/h1-2,5-6,12,15H,3-4,7-11,16H2. The van der Waals surface area contributed by atoms with Gasteiger partial charge in [0.25, 0.3) is 0 Å². The van der Waals surface area contributed by atoms with Gasteiger partial charge in [0.15, 0.2) is 0 Å². The molecule has 1 atom stereocenters. The Hall–Kier alpha value is -0.860. The molecule has 0 amide bonds. The molecule has 1 aromatic carbocycles. The summed E-state index contributed by atoms with van der Waals surface area (Å²) in [4.78, 5) is 2.68. The lowest BCUT2D eigenvalue weighted by molar-refractivity contribution is 0.129. The van der Waals surface area contributed by atoms with Gasteiger partial charge in [0.1, 0.15) is 0 Å². The number of piperidine rings is 1. The number of hydrogen-bond donors (Lipinski definition) is 1. The Morgan fingerprint density at radius 2 is 1.88 bits per heavy atom. The first kappa shape index (κ1) is 11.2. The highest BCUT2D eigenvalue weighted by atomic mass is 15.2. The minimum absolute atomic E-state index is 0.729. The van der Waals surface area contributed by atoms with Crippen LogP contribution >= 0.6 is 0 Å². The van der Waals surface area contributed by atoms with E-state index in [1.54, 1.807) is 11.1 Å². The first-order chi connectivity index (χ1) is 8.36. The summed E-state index contributed by atoms with van der Waals surface area (Å²) < 4.78 is 0. The Balaban J connectivity index is 1.68. The van der Waals surface area contributed by atoms with Crippen LogP contribution in [0.2, 0.25) is 0 Å². The molecule has 0 bridgehead atoms. The van der Waals surface area contributed by atoms with Gasteiger partial charge in [-0.15, -0.1) is 0 Å². The predicted molar refractivity (Wildman–Crippen MR) is 71.0 cm³/mol. The van der Waals surface area contributed by atoms with E-state index in [4.69, 9.17) is 5.73 Å². The fraction of sp³-hybridized carbons (Fsp3) is 0.600. The molecule has 1 fully saturated rings. The van der Waals surface area contributed by atoms with Crippen molar-refractivity contribution in [2.75, 3.05) is 19.6 Å². The summed E-state index contributed by atoms with van der Waals surface area (Å²) in [6.45, 7) is 3.35. The van der Waals surface area contributed by atoms with E-state index in [0.29, 0.717) is 0 Å². The lowest BCUT2D eigenvalue weighted by atomic mass is 9.96. The summed E-state index contributed by atoms with van der Waals surface area (Å²) in [6.07, 6.45) is 5.14. The number of rotatable bonds is 2. The molecule has 0 spiro atoms. The van der Waals surface area contributed by atoms with Crippen molar-refractivity contribution in [1.29, 1.82) is 0 Å². The Morgan fingerprint density at radius 1 is 1.18 bits per heavy atom. The lowest BCUT2D eigenvalue weighted by Gasteiger charge is -2.36. The number of likely N-dealkylation sites (tertiary alicyclic amines) is 1. The zero-order valence-corrected chi connectivity index (χ0v) is 10.4. The molecule has 1 heterocycles. The number of fused-ring (bicyclic) bond motifs is 1. The van der Waals surface area contributed by atoms with Crippen LogP contribution in [0, 0.1) is 5.92 Å². The van der Waals surface area contributed by atoms with E-state index in [1.807, 2.05) is 0 Å². The molecule has 92 valence electrons. The summed E-state index contributed by atoms with van der Waals surface area (Å²) in [7, 11) is 0. The van der Waals surface area contributed by atoms with Crippen molar-refractivity contribution in [2.24, 2.45) is 11.7 Å². The molecule has 1 unspecified atom stereocenters. The first-order valence-corrected chi connectivity index (χ1v) is 6.87. The molecule has 1 aliphatic carbocycles. The molecule has 3 rings (SSSR count). The van der Waals surface area contributed by atoms with Crippen LogP contribution in [0.5, 0.6) is 0 Å². The van der Waals surface area contributed by atoms with Crippen molar-refractivity contribution in [3.8, 4) is 0 Å². The summed E-state index contributed by atoms with van der Waals surface area (Å²) in [5.41, 5.74) is 8.95. The van der Waals surface area contributed by atoms with E-state index in [9.17, 15) is 0 Å². The van der Waals surface area contributed by atoms with Gasteiger partial charge < -0.3 is 5.73 Å². The Morgan fingerprint density at radius 3 is 2.53 bits per heavy atom. The predicted octanol–water partition coefficient (Wildman–Crippen LogP) is 1.82. The van der Waals surface area contributed by atoms with E-state index in [2.05, 4.69) is 29.2 Å². The van der Waals surface area contributed by atoms with E-state index >= 15 is 0 Å². The maximum atomic E-state index is 5.82. The molecule has 1 aromatic rings. The van der Waals surface area contributed by atoms with Gasteiger partial charge in [0.2, 0.25) is 0 Å². The van der Waals surface area contributed by atoms with Crippen molar-refractivity contribution in [1.82, 2.24) is 4.90 Å². The first-order valence-electron chi connectivity index (χ1n) is 6.87. The van der Waals surface area contributed by atoms with E-state index in [-0.39, 0.29) is 0 Å². The molecule has 0 aromatic heterocycles. The fourth-order valence-electron chi connectivity index (χ4n) is 3.42. The van der Waals surface area contributed by atoms with Gasteiger partial charge in [-0.25, -0.2) is 0 Å². The zero-order chi connectivity index (χ0) is 11.7. The van der Waals surface area contributed by atoms with Crippen LogP contribution in [-0.2, 0) is 12.8 Å². The van der Waals surface area contributed by atoms with Crippen molar-refractivity contribution in [3.63, 3.8) is 0 Å². The van der Waals surface area contributed by atoms with Crippen molar-refractivity contribution < 1.29 is 0 Å². The van der Waals surface area contributed by atoms with Crippen LogP contribution in [0.3, 0.4) is 0 Å². The highest BCUT2D eigenvalue weighted by Gasteiger charge is 2.29.